The van der Waals surface area contributed by atoms with Crippen molar-refractivity contribution in [3.05, 3.63) is 35.4 Å². The molecule has 4 N–H and O–H groups in total. The first-order valence-corrected chi connectivity index (χ1v) is 13.1. The lowest BCUT2D eigenvalue weighted by atomic mass is 9.84. The van der Waals surface area contributed by atoms with Crippen LogP contribution in [0.5, 0.6) is 0 Å². The van der Waals surface area contributed by atoms with Gasteiger partial charge in [-0.05, 0) is 94.6 Å². The van der Waals surface area contributed by atoms with Crippen molar-refractivity contribution < 1.29 is 4.79 Å². The van der Waals surface area contributed by atoms with Gasteiger partial charge in [-0.25, -0.2) is 4.79 Å². The second-order valence-electron chi connectivity index (χ2n) is 11.6. The number of benzene rings is 1. The minimum Gasteiger partial charge on any atom is -0.334 e. The molecule has 0 saturated carbocycles. The van der Waals surface area contributed by atoms with Crippen LogP contribution in [0.25, 0.3) is 0 Å². The minimum atomic E-state index is -0.386. The second-order valence-corrected chi connectivity index (χ2v) is 11.6. The summed E-state index contributed by atoms with van der Waals surface area (Å²) in [6, 6.07) is 9.28. The van der Waals surface area contributed by atoms with Gasteiger partial charge in [0.05, 0.1) is 5.54 Å². The van der Waals surface area contributed by atoms with Gasteiger partial charge in [0, 0.05) is 25.2 Å². The summed E-state index contributed by atoms with van der Waals surface area (Å²) < 4.78 is 0. The Morgan fingerprint density at radius 3 is 2.06 bits per heavy atom. The van der Waals surface area contributed by atoms with Gasteiger partial charge in [0.1, 0.15) is 0 Å². The summed E-state index contributed by atoms with van der Waals surface area (Å²) in [6.07, 6.45) is 5.12. The number of nitrogens with one attached hydrogen (secondary N) is 2. The highest BCUT2D eigenvalue weighted by molar-refractivity contribution is 5.75. The molecule has 2 unspecified atom stereocenters. The third-order valence-corrected chi connectivity index (χ3v) is 8.38. The van der Waals surface area contributed by atoms with E-state index in [9.17, 15) is 4.79 Å². The third kappa shape index (κ3) is 6.09. The first-order valence-electron chi connectivity index (χ1n) is 13.1. The van der Waals surface area contributed by atoms with E-state index in [0.717, 1.165) is 24.6 Å². The van der Waals surface area contributed by atoms with Crippen LogP contribution in [0.3, 0.4) is 0 Å². The van der Waals surface area contributed by atoms with Gasteiger partial charge in [0.15, 0.2) is 0 Å². The molecular weight excluding hydrogens is 410 g/mol. The summed E-state index contributed by atoms with van der Waals surface area (Å²) in [6.45, 7) is 15.7. The SMILES string of the molecule is CC(C)c1cccc(C(C)(C)NC(=O)NC2CN3CCC2CC3)c1.NC1CN2CCC1CC2. The lowest BCUT2D eigenvalue weighted by Gasteiger charge is -2.45. The van der Waals surface area contributed by atoms with Crippen LogP contribution in [0.15, 0.2) is 24.3 Å². The first-order chi connectivity index (χ1) is 15.7. The molecule has 4 bridgehead atoms. The maximum atomic E-state index is 12.6. The predicted molar refractivity (Wildman–Crippen MR) is 135 cm³/mol. The molecule has 0 radical (unpaired) electrons. The Labute approximate surface area is 200 Å². The van der Waals surface area contributed by atoms with Crippen molar-refractivity contribution in [2.24, 2.45) is 17.6 Å². The lowest BCUT2D eigenvalue weighted by Crippen LogP contribution is -2.60. The van der Waals surface area contributed by atoms with Gasteiger partial charge in [-0.15, -0.1) is 0 Å². The van der Waals surface area contributed by atoms with Gasteiger partial charge in [0.2, 0.25) is 0 Å². The fourth-order valence-corrected chi connectivity index (χ4v) is 5.99. The molecule has 6 fully saturated rings. The molecule has 0 aromatic heterocycles. The zero-order chi connectivity index (χ0) is 23.6. The summed E-state index contributed by atoms with van der Waals surface area (Å²) in [5.41, 5.74) is 7.95. The Morgan fingerprint density at radius 1 is 1.00 bits per heavy atom. The van der Waals surface area contributed by atoms with Gasteiger partial charge in [-0.3, -0.25) is 0 Å². The number of urea groups is 1. The Balaban J connectivity index is 0.000000238. The zero-order valence-corrected chi connectivity index (χ0v) is 21.1. The number of hydrogen-bond donors (Lipinski definition) is 3. The Bertz CT molecular complexity index is 793. The molecule has 6 aliphatic rings. The fourth-order valence-electron chi connectivity index (χ4n) is 5.99. The van der Waals surface area contributed by atoms with Crippen molar-refractivity contribution in [3.8, 4) is 0 Å². The average Bonchev–Trinajstić information content (AvgIpc) is 2.80. The normalized spacial score (nSPS) is 32.8. The van der Waals surface area contributed by atoms with Crippen LogP contribution in [0, 0.1) is 11.8 Å². The van der Waals surface area contributed by atoms with Crippen molar-refractivity contribution in [1.29, 1.82) is 0 Å². The second kappa shape index (κ2) is 10.3. The molecule has 7 rings (SSSR count). The minimum absolute atomic E-state index is 0.0475. The maximum absolute atomic E-state index is 12.6. The van der Waals surface area contributed by atoms with E-state index in [1.54, 1.807) is 0 Å². The number of nitrogens with two attached hydrogens (primary N) is 1. The fraction of sp³-hybridized carbons (Fsp3) is 0.741. The van der Waals surface area contributed by atoms with E-state index in [2.05, 4.69) is 72.4 Å². The first kappa shape index (κ1) is 24.5. The Kier molecular flexibility index (Phi) is 7.66. The van der Waals surface area contributed by atoms with E-state index in [1.807, 2.05) is 0 Å². The van der Waals surface area contributed by atoms with Crippen LogP contribution in [0.1, 0.15) is 70.4 Å². The summed E-state index contributed by atoms with van der Waals surface area (Å²) in [4.78, 5) is 17.5. The topological polar surface area (TPSA) is 73.6 Å². The summed E-state index contributed by atoms with van der Waals surface area (Å²) in [5.74, 6) is 1.99. The van der Waals surface area contributed by atoms with Crippen LogP contribution in [-0.2, 0) is 5.54 Å². The quantitative estimate of drug-likeness (QED) is 0.650. The monoisotopic (exact) mass is 455 g/mol. The number of fused-ring (bicyclic) bond motifs is 6. The molecule has 1 aromatic carbocycles. The van der Waals surface area contributed by atoms with E-state index in [0.29, 0.717) is 23.9 Å². The van der Waals surface area contributed by atoms with Crippen LogP contribution >= 0.6 is 0 Å². The molecule has 0 spiro atoms. The van der Waals surface area contributed by atoms with Gasteiger partial charge >= 0.3 is 6.03 Å². The molecule has 2 atom stereocenters. The van der Waals surface area contributed by atoms with Crippen LogP contribution in [-0.4, -0.2) is 67.2 Å². The average molecular weight is 456 g/mol. The molecule has 0 aliphatic carbocycles. The summed E-state index contributed by atoms with van der Waals surface area (Å²) in [5, 5.41) is 6.40. The Morgan fingerprint density at radius 2 is 1.61 bits per heavy atom. The van der Waals surface area contributed by atoms with Gasteiger partial charge in [-0.2, -0.15) is 0 Å². The number of rotatable bonds is 4. The predicted octanol–water partition coefficient (Wildman–Crippen LogP) is 3.48. The molecule has 6 heterocycles. The zero-order valence-electron chi connectivity index (χ0n) is 21.1. The highest BCUT2D eigenvalue weighted by atomic mass is 16.2. The number of nitrogens with zero attached hydrogens (tertiary/aromatic N) is 2. The van der Waals surface area contributed by atoms with E-state index in [1.165, 1.54) is 57.4 Å². The smallest absolute Gasteiger partial charge is 0.315 e. The molecule has 1 aromatic rings. The molecule has 184 valence electrons. The molecule has 6 nitrogen and oxygen atoms in total. The number of carbonyl (C=O) groups excluding carboxylic acids is 1. The van der Waals surface area contributed by atoms with Crippen molar-refractivity contribution in [1.82, 2.24) is 20.4 Å². The van der Waals surface area contributed by atoms with E-state index in [-0.39, 0.29) is 11.6 Å². The number of hydrogen-bond acceptors (Lipinski definition) is 4. The van der Waals surface area contributed by atoms with E-state index < -0.39 is 0 Å². The summed E-state index contributed by atoms with van der Waals surface area (Å²) in [7, 11) is 0. The van der Waals surface area contributed by atoms with Gasteiger partial charge in [0.25, 0.3) is 0 Å². The van der Waals surface area contributed by atoms with Gasteiger partial charge in [-0.1, -0.05) is 38.1 Å². The van der Waals surface area contributed by atoms with Crippen molar-refractivity contribution in [2.45, 2.75) is 76.9 Å². The van der Waals surface area contributed by atoms with Crippen molar-refractivity contribution in [2.75, 3.05) is 39.3 Å². The van der Waals surface area contributed by atoms with Gasteiger partial charge < -0.3 is 26.2 Å². The molecule has 6 heteroatoms. The molecule has 2 amide bonds. The lowest BCUT2D eigenvalue weighted by molar-refractivity contribution is 0.0760. The standard InChI is InChI=1S/C20H31N3O.C7H14N2/c1-14(2)16-6-5-7-17(12-16)20(3,4)22-19(24)21-18-13-23-10-8-15(18)9-11-23;8-7-5-9-3-1-6(7)2-4-9/h5-7,12,14-15,18H,8-11,13H2,1-4H3,(H2,21,22,24);6-7H,1-5,8H2. The number of piperidine rings is 6. The molecule has 6 saturated heterocycles. The largest absolute Gasteiger partial charge is 0.334 e. The number of amides is 2. The summed E-state index contributed by atoms with van der Waals surface area (Å²) >= 11 is 0. The van der Waals surface area contributed by atoms with Crippen LogP contribution in [0.2, 0.25) is 0 Å². The van der Waals surface area contributed by atoms with Crippen molar-refractivity contribution in [3.63, 3.8) is 0 Å². The van der Waals surface area contributed by atoms with Crippen molar-refractivity contribution >= 4 is 6.03 Å². The Hall–Kier alpha value is -1.63. The van der Waals surface area contributed by atoms with E-state index >= 15 is 0 Å². The van der Waals surface area contributed by atoms with Crippen LogP contribution < -0.4 is 16.4 Å². The van der Waals surface area contributed by atoms with E-state index in [4.69, 9.17) is 5.73 Å². The van der Waals surface area contributed by atoms with Crippen LogP contribution in [0.4, 0.5) is 4.79 Å². The third-order valence-electron chi connectivity index (χ3n) is 8.38. The molecular formula is C27H45N5O. The maximum Gasteiger partial charge on any atom is 0.315 e. The highest BCUT2D eigenvalue weighted by Gasteiger charge is 2.35. The molecule has 6 aliphatic heterocycles. The number of carbonyl (C=O) groups is 1. The highest BCUT2D eigenvalue weighted by Crippen LogP contribution is 2.28. The molecule has 33 heavy (non-hydrogen) atoms.